The van der Waals surface area contributed by atoms with Crippen LogP contribution in [0.3, 0.4) is 0 Å². The predicted molar refractivity (Wildman–Crippen MR) is 60.4 cm³/mol. The van der Waals surface area contributed by atoms with Crippen molar-refractivity contribution in [1.82, 2.24) is 4.31 Å². The summed E-state index contributed by atoms with van der Waals surface area (Å²) in [7, 11) is -2.01. The summed E-state index contributed by atoms with van der Waals surface area (Å²) in [5, 5.41) is 0. The molecule has 1 fully saturated rings. The number of carbonyl (C=O) groups excluding carboxylic acids is 1. The van der Waals surface area contributed by atoms with E-state index in [1.165, 1.54) is 11.4 Å². The van der Waals surface area contributed by atoms with Crippen LogP contribution in [0.4, 0.5) is 0 Å². The SMILES string of the molecule is CCCS(=O)(=O)N1CCCC[C@@H]1C(=O)OC. The van der Waals surface area contributed by atoms with E-state index in [2.05, 4.69) is 4.74 Å². The highest BCUT2D eigenvalue weighted by Gasteiger charge is 2.36. The summed E-state index contributed by atoms with van der Waals surface area (Å²) in [5.41, 5.74) is 0. The number of rotatable bonds is 4. The predicted octanol–water partition coefficient (Wildman–Crippen LogP) is 0.754. The molecule has 0 aromatic rings. The third kappa shape index (κ3) is 2.95. The van der Waals surface area contributed by atoms with Crippen molar-refractivity contribution in [2.24, 2.45) is 0 Å². The van der Waals surface area contributed by atoms with Crippen LogP contribution in [-0.2, 0) is 19.6 Å². The molecule has 0 spiro atoms. The Bertz CT molecular complexity index is 339. The second-order valence-corrected chi connectivity index (χ2v) is 6.00. The van der Waals surface area contributed by atoms with E-state index in [0.29, 0.717) is 19.4 Å². The van der Waals surface area contributed by atoms with Gasteiger partial charge >= 0.3 is 5.97 Å². The van der Waals surface area contributed by atoms with Crippen molar-refractivity contribution in [2.75, 3.05) is 19.4 Å². The maximum Gasteiger partial charge on any atom is 0.324 e. The highest BCUT2D eigenvalue weighted by Crippen LogP contribution is 2.22. The molecule has 1 aliphatic rings. The maximum atomic E-state index is 11.9. The van der Waals surface area contributed by atoms with E-state index in [9.17, 15) is 13.2 Å². The van der Waals surface area contributed by atoms with Crippen molar-refractivity contribution in [1.29, 1.82) is 0 Å². The molecular formula is C10H19NO4S. The largest absolute Gasteiger partial charge is 0.468 e. The van der Waals surface area contributed by atoms with Gasteiger partial charge in [0, 0.05) is 6.54 Å². The molecule has 5 nitrogen and oxygen atoms in total. The molecule has 0 saturated carbocycles. The molecule has 0 aliphatic carbocycles. The van der Waals surface area contributed by atoms with Crippen molar-refractivity contribution in [3.63, 3.8) is 0 Å². The normalized spacial score (nSPS) is 23.0. The fourth-order valence-electron chi connectivity index (χ4n) is 1.98. The number of piperidine rings is 1. The molecule has 1 aliphatic heterocycles. The van der Waals surface area contributed by atoms with Gasteiger partial charge < -0.3 is 4.74 Å². The summed E-state index contributed by atoms with van der Waals surface area (Å²) in [6.07, 6.45) is 2.82. The molecular weight excluding hydrogens is 230 g/mol. The van der Waals surface area contributed by atoms with Gasteiger partial charge in [-0.3, -0.25) is 4.79 Å². The van der Waals surface area contributed by atoms with E-state index in [1.807, 2.05) is 6.92 Å². The van der Waals surface area contributed by atoms with Crippen LogP contribution in [0, 0.1) is 0 Å². The van der Waals surface area contributed by atoms with Crippen LogP contribution in [-0.4, -0.2) is 44.1 Å². The molecule has 1 rings (SSSR count). The zero-order chi connectivity index (χ0) is 12.2. The number of sulfonamides is 1. The minimum Gasteiger partial charge on any atom is -0.468 e. The van der Waals surface area contributed by atoms with E-state index >= 15 is 0 Å². The van der Waals surface area contributed by atoms with Crippen LogP contribution >= 0.6 is 0 Å². The number of hydrogen-bond acceptors (Lipinski definition) is 4. The smallest absolute Gasteiger partial charge is 0.324 e. The van der Waals surface area contributed by atoms with Crippen LogP contribution < -0.4 is 0 Å². The van der Waals surface area contributed by atoms with Crippen LogP contribution in [0.2, 0.25) is 0 Å². The third-order valence-corrected chi connectivity index (χ3v) is 4.82. The topological polar surface area (TPSA) is 63.7 Å². The number of carbonyl (C=O) groups is 1. The lowest BCUT2D eigenvalue weighted by Gasteiger charge is -2.32. The van der Waals surface area contributed by atoms with Gasteiger partial charge in [-0.1, -0.05) is 6.92 Å². The Hall–Kier alpha value is -0.620. The molecule has 0 aromatic heterocycles. The first-order chi connectivity index (χ1) is 7.53. The second-order valence-electron chi connectivity index (χ2n) is 3.96. The molecule has 1 heterocycles. The van der Waals surface area contributed by atoms with Crippen molar-refractivity contribution in [3.05, 3.63) is 0 Å². The molecule has 16 heavy (non-hydrogen) atoms. The Kier molecular flexibility index (Phi) is 4.73. The van der Waals surface area contributed by atoms with Gasteiger partial charge in [-0.25, -0.2) is 8.42 Å². The van der Waals surface area contributed by atoms with Crippen molar-refractivity contribution in [2.45, 2.75) is 38.6 Å². The fraction of sp³-hybridized carbons (Fsp3) is 0.900. The molecule has 0 aromatic carbocycles. The first-order valence-electron chi connectivity index (χ1n) is 5.60. The summed E-state index contributed by atoms with van der Waals surface area (Å²) in [6, 6.07) is -0.615. The molecule has 0 amide bonds. The molecule has 6 heteroatoms. The minimum atomic E-state index is -3.31. The average molecular weight is 249 g/mol. The van der Waals surface area contributed by atoms with Gasteiger partial charge in [-0.15, -0.1) is 0 Å². The zero-order valence-corrected chi connectivity index (χ0v) is 10.6. The lowest BCUT2D eigenvalue weighted by Crippen LogP contribution is -2.49. The lowest BCUT2D eigenvalue weighted by molar-refractivity contribution is -0.146. The van der Waals surface area contributed by atoms with E-state index < -0.39 is 22.0 Å². The highest BCUT2D eigenvalue weighted by atomic mass is 32.2. The lowest BCUT2D eigenvalue weighted by atomic mass is 10.1. The Morgan fingerprint density at radius 1 is 1.44 bits per heavy atom. The monoisotopic (exact) mass is 249 g/mol. The molecule has 1 atom stereocenters. The average Bonchev–Trinajstić information content (AvgIpc) is 2.28. The van der Waals surface area contributed by atoms with Gasteiger partial charge in [0.15, 0.2) is 0 Å². The second kappa shape index (κ2) is 5.63. The fourth-order valence-corrected chi connectivity index (χ4v) is 3.72. The van der Waals surface area contributed by atoms with E-state index in [4.69, 9.17) is 0 Å². The van der Waals surface area contributed by atoms with Gasteiger partial charge in [0.25, 0.3) is 0 Å². The Morgan fingerprint density at radius 2 is 2.12 bits per heavy atom. The van der Waals surface area contributed by atoms with Gasteiger partial charge in [-0.2, -0.15) is 4.31 Å². The summed E-state index contributed by atoms with van der Waals surface area (Å²) in [6.45, 7) is 2.25. The van der Waals surface area contributed by atoms with Gasteiger partial charge in [0.1, 0.15) is 6.04 Å². The van der Waals surface area contributed by atoms with Crippen LogP contribution in [0.15, 0.2) is 0 Å². The number of methoxy groups -OCH3 is 1. The number of nitrogens with zero attached hydrogens (tertiary/aromatic N) is 1. The maximum absolute atomic E-state index is 11.9. The van der Waals surface area contributed by atoms with Gasteiger partial charge in [0.2, 0.25) is 10.0 Å². The molecule has 0 N–H and O–H groups in total. The quantitative estimate of drug-likeness (QED) is 0.690. The van der Waals surface area contributed by atoms with Gasteiger partial charge in [-0.05, 0) is 25.7 Å². The third-order valence-electron chi connectivity index (χ3n) is 2.75. The first-order valence-corrected chi connectivity index (χ1v) is 7.21. The van der Waals surface area contributed by atoms with Crippen LogP contribution in [0.1, 0.15) is 32.6 Å². The van der Waals surface area contributed by atoms with E-state index in [1.54, 1.807) is 0 Å². The summed E-state index contributed by atoms with van der Waals surface area (Å²) < 4.78 is 29.8. The Balaban J connectivity index is 2.86. The van der Waals surface area contributed by atoms with Crippen LogP contribution in [0.25, 0.3) is 0 Å². The zero-order valence-electron chi connectivity index (χ0n) is 9.81. The molecule has 0 radical (unpaired) electrons. The number of esters is 1. The Labute approximate surface area is 96.8 Å². The van der Waals surface area contributed by atoms with Crippen molar-refractivity contribution in [3.8, 4) is 0 Å². The van der Waals surface area contributed by atoms with Crippen molar-refractivity contribution < 1.29 is 17.9 Å². The van der Waals surface area contributed by atoms with Crippen LogP contribution in [0.5, 0.6) is 0 Å². The van der Waals surface area contributed by atoms with E-state index in [-0.39, 0.29) is 5.75 Å². The number of ether oxygens (including phenoxy) is 1. The van der Waals surface area contributed by atoms with E-state index in [0.717, 1.165) is 12.8 Å². The molecule has 0 unspecified atom stereocenters. The molecule has 0 bridgehead atoms. The molecule has 1 saturated heterocycles. The minimum absolute atomic E-state index is 0.0977. The standard InChI is InChI=1S/C10H19NO4S/c1-3-8-16(13,14)11-7-5-4-6-9(11)10(12)15-2/h9H,3-8H2,1-2H3/t9-/m1/s1. The summed E-state index contributed by atoms with van der Waals surface area (Å²) in [4.78, 5) is 11.5. The highest BCUT2D eigenvalue weighted by molar-refractivity contribution is 7.89. The summed E-state index contributed by atoms with van der Waals surface area (Å²) in [5.74, 6) is -0.347. The van der Waals surface area contributed by atoms with Gasteiger partial charge in [0.05, 0.1) is 12.9 Å². The number of hydrogen-bond donors (Lipinski definition) is 0. The Morgan fingerprint density at radius 3 is 2.69 bits per heavy atom. The summed E-state index contributed by atoms with van der Waals surface area (Å²) >= 11 is 0. The molecule has 94 valence electrons. The first kappa shape index (κ1) is 13.4. The van der Waals surface area contributed by atoms with Crippen molar-refractivity contribution >= 4 is 16.0 Å².